The van der Waals surface area contributed by atoms with Gasteiger partial charge in [0.15, 0.2) is 41.4 Å². The molecule has 0 spiro atoms. The molecule has 14 heteroatoms. The molecular formula is C37H46O14. The van der Waals surface area contributed by atoms with E-state index in [-0.39, 0.29) is 11.1 Å². The SMILES string of the molecule is CC(=O)O[C@@H]1[C@@H](OC(C)=O)C(C)(C)/C=C/[C@H](C)C(=O)[C@@]2(OC(C)=O)C[C@@](C)(O)[C@H](OC(=O)c3ccccc3)/C2=C\[C@](C)(OC(C)=O)[C@@H]1OC(C)=O. The van der Waals surface area contributed by atoms with Crippen molar-refractivity contribution in [2.45, 2.75) is 117 Å². The number of hydrogen-bond acceptors (Lipinski definition) is 14. The van der Waals surface area contributed by atoms with Crippen LogP contribution in [-0.2, 0) is 57.2 Å². The molecule has 3 rings (SSSR count). The van der Waals surface area contributed by atoms with E-state index in [2.05, 4.69) is 0 Å². The van der Waals surface area contributed by atoms with Gasteiger partial charge in [-0.05, 0) is 32.1 Å². The van der Waals surface area contributed by atoms with Crippen molar-refractivity contribution < 1.29 is 67.1 Å². The number of ketones is 1. The lowest BCUT2D eigenvalue weighted by atomic mass is 9.74. The van der Waals surface area contributed by atoms with Gasteiger partial charge in [-0.1, -0.05) is 51.1 Å². The van der Waals surface area contributed by atoms with Crippen LogP contribution in [0.2, 0.25) is 0 Å². The maximum absolute atomic E-state index is 14.7. The average molecular weight is 715 g/mol. The molecule has 278 valence electrons. The molecule has 0 aromatic heterocycles. The zero-order chi connectivity index (χ0) is 38.7. The number of carbonyl (C=O) groups is 7. The number of hydrogen-bond donors (Lipinski definition) is 1. The molecule has 1 saturated carbocycles. The summed E-state index contributed by atoms with van der Waals surface area (Å²) in [5, 5.41) is 12.0. The Kier molecular flexibility index (Phi) is 12.1. The van der Waals surface area contributed by atoms with Crippen LogP contribution in [0, 0.1) is 11.3 Å². The fourth-order valence-electron chi connectivity index (χ4n) is 6.71. The number of carbonyl (C=O) groups excluding carboxylic acids is 7. The van der Waals surface area contributed by atoms with Gasteiger partial charge in [-0.2, -0.15) is 0 Å². The first-order valence-electron chi connectivity index (χ1n) is 16.3. The first kappa shape index (κ1) is 40.6. The third-order valence-corrected chi connectivity index (χ3v) is 8.69. The minimum atomic E-state index is -2.35. The Hall–Kier alpha value is -4.85. The van der Waals surface area contributed by atoms with Crippen molar-refractivity contribution >= 4 is 41.6 Å². The van der Waals surface area contributed by atoms with Gasteiger partial charge in [-0.25, -0.2) is 4.79 Å². The summed E-state index contributed by atoms with van der Waals surface area (Å²) < 4.78 is 34.8. The van der Waals surface area contributed by atoms with Crippen LogP contribution >= 0.6 is 0 Å². The summed E-state index contributed by atoms with van der Waals surface area (Å²) in [4.78, 5) is 92.0. The highest BCUT2D eigenvalue weighted by Crippen LogP contribution is 2.50. The van der Waals surface area contributed by atoms with Gasteiger partial charge in [0.1, 0.15) is 5.60 Å². The molecule has 0 bridgehead atoms. The number of Topliss-reactive ketones (excluding diaryl/α,β-unsaturated/α-hetero) is 1. The van der Waals surface area contributed by atoms with Gasteiger partial charge >= 0.3 is 35.8 Å². The summed E-state index contributed by atoms with van der Waals surface area (Å²) in [5.41, 5.74) is -8.27. The predicted molar refractivity (Wildman–Crippen MR) is 177 cm³/mol. The Morgan fingerprint density at radius 2 is 1.25 bits per heavy atom. The molecule has 2 aliphatic rings. The van der Waals surface area contributed by atoms with Crippen LogP contribution in [0.5, 0.6) is 0 Å². The van der Waals surface area contributed by atoms with Crippen molar-refractivity contribution in [3.63, 3.8) is 0 Å². The molecule has 51 heavy (non-hydrogen) atoms. The highest BCUT2D eigenvalue weighted by atomic mass is 16.6. The first-order chi connectivity index (χ1) is 23.5. The topological polar surface area (TPSA) is 195 Å². The van der Waals surface area contributed by atoms with Crippen molar-refractivity contribution in [1.82, 2.24) is 0 Å². The second-order valence-corrected chi connectivity index (χ2v) is 14.0. The van der Waals surface area contributed by atoms with E-state index >= 15 is 0 Å². The number of fused-ring (bicyclic) bond motifs is 1. The smallest absolute Gasteiger partial charge is 0.338 e. The molecule has 0 saturated heterocycles. The minimum absolute atomic E-state index is 0.0802. The second kappa shape index (κ2) is 15.2. The van der Waals surface area contributed by atoms with Gasteiger partial charge in [0, 0.05) is 57.9 Å². The van der Waals surface area contributed by atoms with E-state index in [1.165, 1.54) is 45.1 Å². The molecule has 1 fully saturated rings. The van der Waals surface area contributed by atoms with Gasteiger partial charge in [0.25, 0.3) is 0 Å². The summed E-state index contributed by atoms with van der Waals surface area (Å²) in [6.07, 6.45) is -3.27. The Morgan fingerprint density at radius 1 is 0.725 bits per heavy atom. The summed E-state index contributed by atoms with van der Waals surface area (Å²) in [6, 6.07) is 7.74. The Balaban J connectivity index is 2.58. The number of benzene rings is 1. The number of ether oxygens (including phenoxy) is 6. The van der Waals surface area contributed by atoms with Crippen molar-refractivity contribution in [3.8, 4) is 0 Å². The maximum atomic E-state index is 14.7. The van der Waals surface area contributed by atoms with Gasteiger partial charge in [0.2, 0.25) is 0 Å². The van der Waals surface area contributed by atoms with Gasteiger partial charge in [0.05, 0.1) is 5.56 Å². The number of rotatable bonds is 7. The van der Waals surface area contributed by atoms with Gasteiger partial charge < -0.3 is 33.5 Å². The maximum Gasteiger partial charge on any atom is 0.338 e. The van der Waals surface area contributed by atoms with Gasteiger partial charge in [-0.3, -0.25) is 28.8 Å². The number of allylic oxidation sites excluding steroid dienone is 1. The normalized spacial score (nSPS) is 33.4. The lowest BCUT2D eigenvalue weighted by Crippen LogP contribution is -2.60. The zero-order valence-corrected chi connectivity index (χ0v) is 30.5. The van der Waals surface area contributed by atoms with Crippen LogP contribution in [0.25, 0.3) is 0 Å². The highest BCUT2D eigenvalue weighted by Gasteiger charge is 2.65. The van der Waals surface area contributed by atoms with Crippen LogP contribution in [-0.4, -0.2) is 87.9 Å². The van der Waals surface area contributed by atoms with Crippen LogP contribution < -0.4 is 0 Å². The monoisotopic (exact) mass is 714 g/mol. The van der Waals surface area contributed by atoms with E-state index in [4.69, 9.17) is 28.4 Å². The van der Waals surface area contributed by atoms with Crippen LogP contribution in [0.1, 0.15) is 86.0 Å². The minimum Gasteiger partial charge on any atom is -0.458 e. The molecule has 0 unspecified atom stereocenters. The molecule has 0 aliphatic heterocycles. The third-order valence-electron chi connectivity index (χ3n) is 8.69. The lowest BCUT2D eigenvalue weighted by molar-refractivity contribution is -0.213. The molecule has 1 N–H and O–H groups in total. The average Bonchev–Trinajstić information content (AvgIpc) is 3.19. The van der Waals surface area contributed by atoms with E-state index in [9.17, 15) is 38.7 Å². The molecule has 1 aromatic rings. The zero-order valence-electron chi connectivity index (χ0n) is 30.5. The number of aliphatic hydroxyl groups is 1. The molecule has 14 nitrogen and oxygen atoms in total. The van der Waals surface area contributed by atoms with Crippen LogP contribution in [0.15, 0.2) is 54.1 Å². The third kappa shape index (κ3) is 9.09. The van der Waals surface area contributed by atoms with Crippen LogP contribution in [0.4, 0.5) is 0 Å². The van der Waals surface area contributed by atoms with E-state index in [1.54, 1.807) is 32.0 Å². The highest BCUT2D eigenvalue weighted by molar-refractivity contribution is 5.97. The Morgan fingerprint density at radius 3 is 1.76 bits per heavy atom. The largest absolute Gasteiger partial charge is 0.458 e. The van der Waals surface area contributed by atoms with Crippen molar-refractivity contribution in [2.75, 3.05) is 0 Å². The molecule has 0 heterocycles. The van der Waals surface area contributed by atoms with Crippen molar-refractivity contribution in [1.29, 1.82) is 0 Å². The summed E-state index contributed by atoms with van der Waals surface area (Å²) >= 11 is 0. The first-order valence-corrected chi connectivity index (χ1v) is 16.3. The van der Waals surface area contributed by atoms with Crippen LogP contribution in [0.3, 0.4) is 0 Å². The summed E-state index contributed by atoms with van der Waals surface area (Å²) in [5.74, 6) is -7.31. The molecule has 1 aromatic carbocycles. The molecule has 0 radical (unpaired) electrons. The van der Waals surface area contributed by atoms with E-state index < -0.39 is 101 Å². The Bertz CT molecular complexity index is 1620. The number of esters is 6. The second-order valence-electron chi connectivity index (χ2n) is 14.0. The summed E-state index contributed by atoms with van der Waals surface area (Å²) in [7, 11) is 0. The Labute approximate surface area is 296 Å². The lowest BCUT2D eigenvalue weighted by Gasteiger charge is -2.45. The van der Waals surface area contributed by atoms with E-state index in [0.29, 0.717) is 0 Å². The molecule has 0 amide bonds. The standard InChI is InChI=1S/C37H46O14/c1-20-16-17-34(7,8)31(47-22(3)39)28(46-21(2)38)32(48-23(4)40)36(10,50-24(5)41)18-27-30(49-33(44)26-14-12-11-13-15-26)35(9,45)19-37(27,29(20)43)51-25(6)42/h11-18,20,28,30-32,45H,19H2,1-10H3/b17-16+,27-18+/t20-,28+,30+,31+,32+,35+,36-,37+/m0/s1. The predicted octanol–water partition coefficient (Wildman–Crippen LogP) is 3.51. The molecule has 8 atom stereocenters. The van der Waals surface area contributed by atoms with E-state index in [0.717, 1.165) is 40.7 Å². The van der Waals surface area contributed by atoms with Gasteiger partial charge in [-0.15, -0.1) is 0 Å². The fourth-order valence-corrected chi connectivity index (χ4v) is 6.71. The summed E-state index contributed by atoms with van der Waals surface area (Å²) in [6.45, 7) is 12.5. The van der Waals surface area contributed by atoms with Crippen molar-refractivity contribution in [2.24, 2.45) is 11.3 Å². The fraction of sp³-hybridized carbons (Fsp3) is 0.541. The molecule has 2 aliphatic carbocycles. The quantitative estimate of drug-likeness (QED) is 0.245. The van der Waals surface area contributed by atoms with Crippen molar-refractivity contribution in [3.05, 3.63) is 59.7 Å². The molecular weight excluding hydrogens is 668 g/mol. The van der Waals surface area contributed by atoms with E-state index in [1.807, 2.05) is 0 Å².